The Kier molecular flexibility index (Phi) is 6.61. The van der Waals surface area contributed by atoms with Crippen LogP contribution >= 0.6 is 23.1 Å². The number of morpholine rings is 1. The third-order valence-corrected chi connectivity index (χ3v) is 8.22. The van der Waals surface area contributed by atoms with Gasteiger partial charge in [-0.3, -0.25) is 9.36 Å². The molecule has 0 spiro atoms. The summed E-state index contributed by atoms with van der Waals surface area (Å²) in [4.78, 5) is 22.1. The van der Waals surface area contributed by atoms with Gasteiger partial charge in [-0.2, -0.15) is 0 Å². The fourth-order valence-corrected chi connectivity index (χ4v) is 6.34. The van der Waals surface area contributed by atoms with Crippen molar-refractivity contribution in [2.75, 3.05) is 50.0 Å². The zero-order valence-electron chi connectivity index (χ0n) is 18.3. The summed E-state index contributed by atoms with van der Waals surface area (Å²) in [5, 5.41) is 10.7. The summed E-state index contributed by atoms with van der Waals surface area (Å²) in [5.74, 6) is 1.75. The Morgan fingerprint density at radius 1 is 1.22 bits per heavy atom. The number of hydrogen-bond acceptors (Lipinski definition) is 8. The molecule has 0 saturated carbocycles. The van der Waals surface area contributed by atoms with E-state index in [1.54, 1.807) is 11.3 Å². The van der Waals surface area contributed by atoms with Gasteiger partial charge in [0, 0.05) is 38.6 Å². The van der Waals surface area contributed by atoms with Gasteiger partial charge < -0.3 is 14.5 Å². The van der Waals surface area contributed by atoms with Crippen molar-refractivity contribution in [2.24, 2.45) is 0 Å². The quantitative estimate of drug-likeness (QED) is 0.510. The molecule has 2 aromatic heterocycles. The molecular formula is C22H28N6O2S2. The van der Waals surface area contributed by atoms with Gasteiger partial charge in [0.25, 0.3) is 0 Å². The number of rotatable bonds is 6. The fraction of sp³-hybridized carbons (Fsp3) is 0.545. The third-order valence-electron chi connectivity index (χ3n) is 6.07. The van der Waals surface area contributed by atoms with Crippen molar-refractivity contribution in [3.63, 3.8) is 0 Å². The molecule has 2 aliphatic heterocycles. The minimum Gasteiger partial charge on any atom is -0.378 e. The zero-order chi connectivity index (χ0) is 21.9. The highest BCUT2D eigenvalue weighted by Gasteiger charge is 2.27. The van der Waals surface area contributed by atoms with Gasteiger partial charge in [-0.15, -0.1) is 21.5 Å². The van der Waals surface area contributed by atoms with Crippen LogP contribution in [-0.2, 0) is 16.1 Å². The van der Waals surface area contributed by atoms with Gasteiger partial charge in [0.1, 0.15) is 0 Å². The van der Waals surface area contributed by atoms with Crippen LogP contribution in [0.2, 0.25) is 0 Å². The van der Waals surface area contributed by atoms with Crippen LogP contribution in [-0.4, -0.2) is 75.7 Å². The standard InChI is InChI=1S/C22H28N6O2S2/c1-2-28-21(26-10-12-30-13-11-26)24-25-22(28)31-15-19(29)27-9-5-6-16(14-27)20-23-17-7-3-4-8-18(17)32-20/h3-4,7-8,16H,2,5-6,9-15H2,1H3/t16-/m0/s1. The van der Waals surface area contributed by atoms with Crippen molar-refractivity contribution >= 4 is 45.2 Å². The molecule has 2 fully saturated rings. The van der Waals surface area contributed by atoms with Crippen molar-refractivity contribution in [2.45, 2.75) is 37.4 Å². The molecular weight excluding hydrogens is 444 g/mol. The second-order valence-corrected chi connectivity index (χ2v) is 10.1. The molecule has 0 unspecified atom stereocenters. The normalized spacial score (nSPS) is 19.6. The van der Waals surface area contributed by atoms with Crippen LogP contribution in [0.15, 0.2) is 29.4 Å². The maximum absolute atomic E-state index is 13.0. The molecule has 3 aromatic rings. The minimum atomic E-state index is 0.166. The van der Waals surface area contributed by atoms with Crippen molar-refractivity contribution in [1.82, 2.24) is 24.6 Å². The van der Waals surface area contributed by atoms with E-state index in [1.165, 1.54) is 16.5 Å². The number of carbonyl (C=O) groups is 1. The summed E-state index contributed by atoms with van der Waals surface area (Å²) >= 11 is 3.25. The summed E-state index contributed by atoms with van der Waals surface area (Å²) in [5.41, 5.74) is 1.06. The Morgan fingerprint density at radius 2 is 2.06 bits per heavy atom. The van der Waals surface area contributed by atoms with E-state index in [2.05, 4.69) is 44.8 Å². The van der Waals surface area contributed by atoms with Gasteiger partial charge in [-0.05, 0) is 31.9 Å². The topological polar surface area (TPSA) is 76.4 Å². The van der Waals surface area contributed by atoms with E-state index in [-0.39, 0.29) is 5.91 Å². The molecule has 5 rings (SSSR count). The third kappa shape index (κ3) is 4.49. The van der Waals surface area contributed by atoms with Crippen LogP contribution in [0.3, 0.4) is 0 Å². The lowest BCUT2D eigenvalue weighted by Gasteiger charge is -2.31. The van der Waals surface area contributed by atoms with Crippen molar-refractivity contribution in [1.29, 1.82) is 0 Å². The zero-order valence-corrected chi connectivity index (χ0v) is 19.9. The van der Waals surface area contributed by atoms with Crippen molar-refractivity contribution in [3.8, 4) is 0 Å². The van der Waals surface area contributed by atoms with Crippen LogP contribution in [0.5, 0.6) is 0 Å². The van der Waals surface area contributed by atoms with Crippen molar-refractivity contribution in [3.05, 3.63) is 29.3 Å². The van der Waals surface area contributed by atoms with Gasteiger partial charge >= 0.3 is 0 Å². The number of piperidine rings is 1. The van der Waals surface area contributed by atoms with E-state index in [1.807, 2.05) is 11.0 Å². The number of para-hydroxylation sites is 1. The monoisotopic (exact) mass is 472 g/mol. The maximum Gasteiger partial charge on any atom is 0.233 e. The van der Waals surface area contributed by atoms with E-state index in [0.717, 1.165) is 67.2 Å². The molecule has 4 heterocycles. The molecule has 2 saturated heterocycles. The number of carbonyl (C=O) groups excluding carboxylic acids is 1. The van der Waals surface area contributed by atoms with Crippen molar-refractivity contribution < 1.29 is 9.53 Å². The largest absolute Gasteiger partial charge is 0.378 e. The van der Waals surface area contributed by atoms with Gasteiger partial charge in [-0.25, -0.2) is 4.98 Å². The number of likely N-dealkylation sites (tertiary alicyclic amines) is 1. The molecule has 8 nitrogen and oxygen atoms in total. The smallest absolute Gasteiger partial charge is 0.233 e. The van der Waals surface area contributed by atoms with E-state index in [9.17, 15) is 4.79 Å². The lowest BCUT2D eigenvalue weighted by Crippen LogP contribution is -2.40. The van der Waals surface area contributed by atoms with Gasteiger partial charge in [0.05, 0.1) is 34.2 Å². The Hall–Kier alpha value is -2.17. The second kappa shape index (κ2) is 9.76. The summed E-state index contributed by atoms with van der Waals surface area (Å²) in [6.45, 7) is 7.50. The first-order chi connectivity index (χ1) is 15.7. The van der Waals surface area contributed by atoms with Crippen LogP contribution < -0.4 is 4.90 Å². The van der Waals surface area contributed by atoms with E-state index in [4.69, 9.17) is 9.72 Å². The molecule has 0 aliphatic carbocycles. The molecule has 1 amide bonds. The number of hydrogen-bond donors (Lipinski definition) is 0. The summed E-state index contributed by atoms with van der Waals surface area (Å²) in [6, 6.07) is 8.26. The molecule has 1 aromatic carbocycles. The fourth-order valence-electron chi connectivity index (χ4n) is 4.35. The number of nitrogens with zero attached hydrogens (tertiary/aromatic N) is 6. The van der Waals surface area contributed by atoms with E-state index < -0.39 is 0 Å². The van der Waals surface area contributed by atoms with Gasteiger partial charge in [0.2, 0.25) is 11.9 Å². The highest BCUT2D eigenvalue weighted by molar-refractivity contribution is 7.99. The first-order valence-corrected chi connectivity index (χ1v) is 13.0. The van der Waals surface area contributed by atoms with Crippen LogP contribution in [0.1, 0.15) is 30.7 Å². The second-order valence-electron chi connectivity index (χ2n) is 8.11. The molecule has 170 valence electrons. The number of thiazole rings is 1. The Bertz CT molecular complexity index is 1040. The highest BCUT2D eigenvalue weighted by Crippen LogP contribution is 2.33. The Morgan fingerprint density at radius 3 is 2.88 bits per heavy atom. The number of fused-ring (bicyclic) bond motifs is 1. The molecule has 32 heavy (non-hydrogen) atoms. The predicted molar refractivity (Wildman–Crippen MR) is 128 cm³/mol. The summed E-state index contributed by atoms with van der Waals surface area (Å²) in [7, 11) is 0. The number of anilines is 1. The average Bonchev–Trinajstić information content (AvgIpc) is 3.47. The Balaban J connectivity index is 1.22. The first-order valence-electron chi connectivity index (χ1n) is 11.2. The van der Waals surface area contributed by atoms with E-state index >= 15 is 0 Å². The lowest BCUT2D eigenvalue weighted by atomic mass is 9.99. The molecule has 0 N–H and O–H groups in total. The first kappa shape index (κ1) is 21.7. The van der Waals surface area contributed by atoms with Crippen LogP contribution in [0, 0.1) is 0 Å². The molecule has 0 radical (unpaired) electrons. The number of amides is 1. The molecule has 2 aliphatic rings. The van der Waals surface area contributed by atoms with Gasteiger partial charge in [0.15, 0.2) is 5.16 Å². The Labute approximate surface area is 196 Å². The molecule has 10 heteroatoms. The maximum atomic E-state index is 13.0. The van der Waals surface area contributed by atoms with Crippen LogP contribution in [0.25, 0.3) is 10.2 Å². The summed E-state index contributed by atoms with van der Waals surface area (Å²) in [6.07, 6.45) is 2.10. The SMILES string of the molecule is CCn1c(SCC(=O)N2CCC[C@H](c3nc4ccccc4s3)C2)nnc1N1CCOCC1. The van der Waals surface area contributed by atoms with Crippen LogP contribution in [0.4, 0.5) is 5.95 Å². The predicted octanol–water partition coefficient (Wildman–Crippen LogP) is 3.24. The minimum absolute atomic E-state index is 0.166. The number of benzene rings is 1. The number of ether oxygens (including phenoxy) is 1. The number of aromatic nitrogens is 4. The summed E-state index contributed by atoms with van der Waals surface area (Å²) < 4.78 is 8.77. The van der Waals surface area contributed by atoms with E-state index in [0.29, 0.717) is 24.9 Å². The van der Waals surface area contributed by atoms with Gasteiger partial charge in [-0.1, -0.05) is 23.9 Å². The lowest BCUT2D eigenvalue weighted by molar-refractivity contribution is -0.129. The highest BCUT2D eigenvalue weighted by atomic mass is 32.2. The molecule has 0 bridgehead atoms. The number of thioether (sulfide) groups is 1. The average molecular weight is 473 g/mol. The molecule has 1 atom stereocenters.